The molecule has 1 aliphatic heterocycles. The number of carbonyl (C=O) groups excluding carboxylic acids is 5. The molecule has 0 aromatic heterocycles. The molecule has 0 N–H and O–H groups in total. The Hall–Kier alpha value is -11.3. The zero-order valence-electron chi connectivity index (χ0n) is 85.5. The van der Waals surface area contributed by atoms with Crippen molar-refractivity contribution >= 4 is 83.4 Å². The number of hydrogen-bond acceptors (Lipinski definition) is 16. The van der Waals surface area contributed by atoms with Gasteiger partial charge in [-0.05, 0) is 373 Å². The molecule has 7 atom stereocenters. The molecule has 15 aliphatic rings. The van der Waals surface area contributed by atoms with Crippen LogP contribution in [0.2, 0.25) is 0 Å². The number of rotatable bonds is 28. The Balaban J connectivity index is 0.000000115. The highest BCUT2D eigenvalue weighted by Gasteiger charge is 2.66. The zero-order valence-corrected chi connectivity index (χ0v) is 89.5. The van der Waals surface area contributed by atoms with Crippen LogP contribution in [0.3, 0.4) is 0 Å². The average Bonchev–Trinajstić information content (AvgIpc) is 1.42. The van der Waals surface area contributed by atoms with Gasteiger partial charge < -0.3 is 37.9 Å². The van der Waals surface area contributed by atoms with Crippen LogP contribution in [-0.2, 0) is 101 Å². The Labute approximate surface area is 878 Å². The van der Waals surface area contributed by atoms with E-state index >= 15 is 0 Å². The summed E-state index contributed by atoms with van der Waals surface area (Å²) in [6.45, 7) is 18.3. The maximum absolute atomic E-state index is 13.0. The van der Waals surface area contributed by atoms with Crippen LogP contribution in [0.1, 0.15) is 162 Å². The van der Waals surface area contributed by atoms with Crippen LogP contribution in [-0.4, -0.2) is 98.8 Å². The van der Waals surface area contributed by atoms with Gasteiger partial charge in [-0.1, -0.05) is 146 Å². The summed E-state index contributed by atoms with van der Waals surface area (Å²) in [5.74, 6) is 8.17. The number of ether oxygens (including phenoxy) is 8. The number of ketones is 1. The fraction of sp³-hybridized carbons (Fsp3) is 0.389. The Bertz CT molecular complexity index is 6580. The van der Waals surface area contributed by atoms with Gasteiger partial charge in [0, 0.05) is 65.6 Å². The second kappa shape index (κ2) is 43.3. The first-order chi connectivity index (χ1) is 71.1. The lowest BCUT2D eigenvalue weighted by molar-refractivity contribution is -0.205. The van der Waals surface area contributed by atoms with Crippen molar-refractivity contribution in [2.45, 2.75) is 264 Å². The van der Waals surface area contributed by atoms with Crippen molar-refractivity contribution in [2.24, 2.45) is 76.9 Å². The van der Waals surface area contributed by atoms with Crippen molar-refractivity contribution in [1.29, 1.82) is 0 Å². The third-order valence-electron chi connectivity index (χ3n) is 33.7. The summed E-state index contributed by atoms with van der Waals surface area (Å²) >= 11 is 0. The Morgan fingerprint density at radius 1 is 0.320 bits per heavy atom. The molecule has 12 aromatic rings. The maximum Gasteiger partial charge on any atom is 0.344 e. The number of Topliss-reactive ketones (excluding diaryl/α,β-unsaturated/α-hetero) is 1. The van der Waals surface area contributed by atoms with Gasteiger partial charge in [-0.2, -0.15) is 8.42 Å². The van der Waals surface area contributed by atoms with E-state index in [-0.39, 0.29) is 123 Å². The minimum atomic E-state index is -3.54. The monoisotopic (exact) mass is 2060 g/mol. The van der Waals surface area contributed by atoms with E-state index in [0.29, 0.717) is 66.1 Å². The molecule has 16 nitrogen and oxygen atoms in total. The largest absolute Gasteiger partial charge is 0.482 e. The summed E-state index contributed by atoms with van der Waals surface area (Å²) in [5, 5.41) is -0.436. The standard InChI is InChI=1S/C33H37O3S.C32H33O4S.C32H35O3S.C29H29O6S2/c1-22-14-30(37(28-10-6-4-7-11-28)29-12-8-5-9-13-29)15-23(2)32(22)35-21-31(34)36-33(3)26-17-24-16-25(19-26)20-27(33)18-24;1-21-13-28(37(26-9-5-3-6-10-26)27-11-7-4-8-12-27)14-22(2)31(21)35-20-29(33)36-32-17-23-15-24(18-32)30(34)25(16-23)19-32;1-22-15-27(13-14-30(22)36(28-9-5-3-6-10-28)29-11-7-4-8-12-29)34-21-31(33)35-32(2)25-17-23-16-24(19-25)20-26(32)18-23;1-18-13-23(36(21-9-5-3-6-10-21)22-11-7-4-8-12-22)14-19(2)27(18)33-17-26(30)34-28-20-15-24-25(16-20)37(31,32)35-29(24)28/h4-15,24-27H,16-21H2,1-3H3;3-14,23-25H,15-20H2,1-2H3;3-15,23-26H,16-21H2,1-2H3;3-14,20,24-25,28-29H,15-17H2,1-2H3/q4*+1. The number of hydrogen-bond donors (Lipinski definition) is 0. The summed E-state index contributed by atoms with van der Waals surface area (Å²) in [7, 11) is -4.48. The minimum absolute atomic E-state index is 0.0357. The highest BCUT2D eigenvalue weighted by atomic mass is 32.2. The number of benzene rings is 12. The normalized spacial score (nSPS) is 27.3. The Morgan fingerprint density at radius 3 is 0.952 bits per heavy atom. The third-order valence-corrected chi connectivity index (χ3v) is 44.4. The van der Waals surface area contributed by atoms with Crippen LogP contribution in [0.25, 0.3) is 0 Å². The molecule has 12 aromatic carbocycles. The number of aryl methyl sites for hydroxylation is 7. The van der Waals surface area contributed by atoms with E-state index in [9.17, 15) is 32.4 Å². The quantitative estimate of drug-likeness (QED) is 0.0194. The van der Waals surface area contributed by atoms with Gasteiger partial charge in [-0.15, -0.1) is 0 Å². The first-order valence-corrected chi connectivity index (χ1v) is 59.1. The SMILES string of the molecule is Cc1cc(OCC(=O)OC2(C)C3CC4CC(C3)CC2C4)ccc1[S+](c1ccccc1)c1ccccc1.Cc1cc([S+](c2ccccc2)c2ccccc2)cc(C)c1OCC(=O)OC1(C)C2CC3CC(C2)CC1C3.Cc1cc([S+](c2ccccc2)c2ccccc2)cc(C)c1OCC(=O)OC12CC3CC(C1)C(=O)C(C3)C2.Cc1cc([S+](c2ccccc2)c2ccccc2)cc(C)c1OCC(=O)OC1C2CC3C1OS(=O)(=O)C3C2. The molecular formula is C126H134O16S5+4. The van der Waals surface area contributed by atoms with E-state index in [1.54, 1.807) is 0 Å². The summed E-state index contributed by atoms with van der Waals surface area (Å²) < 4.78 is 77.9. The molecule has 0 spiro atoms. The van der Waals surface area contributed by atoms with Gasteiger partial charge in [0.05, 0.1) is 48.8 Å². The van der Waals surface area contributed by atoms with Gasteiger partial charge in [0.25, 0.3) is 10.1 Å². The predicted octanol–water partition coefficient (Wildman–Crippen LogP) is 26.1. The fourth-order valence-corrected chi connectivity index (χ4v) is 38.6. The van der Waals surface area contributed by atoms with Gasteiger partial charge >= 0.3 is 23.9 Å². The van der Waals surface area contributed by atoms with E-state index in [0.717, 1.165) is 99.8 Å². The first-order valence-electron chi connectivity index (χ1n) is 52.8. The van der Waals surface area contributed by atoms with Crippen LogP contribution in [0.15, 0.2) is 356 Å². The Kier molecular flexibility index (Phi) is 29.9. The molecule has 27 rings (SSSR count). The highest BCUT2D eigenvalue weighted by molar-refractivity contribution is 7.98. The Morgan fingerprint density at radius 2 is 0.626 bits per heavy atom. The molecule has 15 fully saturated rings. The van der Waals surface area contributed by atoms with Crippen molar-refractivity contribution in [1.82, 2.24) is 0 Å². The van der Waals surface area contributed by atoms with Gasteiger partial charge in [-0.3, -0.25) is 8.98 Å². The van der Waals surface area contributed by atoms with Crippen LogP contribution >= 0.6 is 0 Å². The second-order valence-corrected chi connectivity index (χ2v) is 53.6. The number of esters is 4. The summed E-state index contributed by atoms with van der Waals surface area (Å²) in [5.41, 5.74) is 6.07. The van der Waals surface area contributed by atoms with Gasteiger partial charge in [0.2, 0.25) is 0 Å². The van der Waals surface area contributed by atoms with Gasteiger partial charge in [0.1, 0.15) is 57.8 Å². The topological polar surface area (TPSA) is 203 Å². The lowest BCUT2D eigenvalue weighted by Gasteiger charge is -2.59. The summed E-state index contributed by atoms with van der Waals surface area (Å²) in [6.07, 6.45) is 17.0. The molecule has 21 heteroatoms. The lowest BCUT2D eigenvalue weighted by atomic mass is 9.50. The zero-order chi connectivity index (χ0) is 102. The van der Waals surface area contributed by atoms with Crippen molar-refractivity contribution in [3.63, 3.8) is 0 Å². The van der Waals surface area contributed by atoms with Crippen molar-refractivity contribution < 1.29 is 74.5 Å². The minimum Gasteiger partial charge on any atom is -0.482 e. The molecule has 7 unspecified atom stereocenters. The fourth-order valence-electron chi connectivity index (χ4n) is 27.7. The second-order valence-electron chi connectivity index (χ2n) is 43.7. The predicted molar refractivity (Wildman–Crippen MR) is 575 cm³/mol. The number of carbonyl (C=O) groups is 5. The van der Waals surface area contributed by atoms with Gasteiger partial charge in [-0.25, -0.2) is 19.2 Å². The third kappa shape index (κ3) is 21.7. The van der Waals surface area contributed by atoms with E-state index < -0.39 is 39.1 Å². The van der Waals surface area contributed by atoms with Crippen molar-refractivity contribution in [3.05, 3.63) is 336 Å². The molecular weight excluding hydrogens is 1930 g/mol. The van der Waals surface area contributed by atoms with E-state index in [1.165, 1.54) is 123 Å². The molecule has 760 valence electrons. The smallest absolute Gasteiger partial charge is 0.344 e. The van der Waals surface area contributed by atoms with E-state index in [1.807, 2.05) is 58.0 Å². The van der Waals surface area contributed by atoms with Gasteiger partial charge in [0.15, 0.2) is 85.2 Å². The summed E-state index contributed by atoms with van der Waals surface area (Å²) in [4.78, 5) is 79.1. The molecule has 0 amide bonds. The molecule has 14 saturated carbocycles. The van der Waals surface area contributed by atoms with Crippen LogP contribution in [0.4, 0.5) is 0 Å². The first kappa shape index (κ1) is 102. The van der Waals surface area contributed by atoms with Crippen molar-refractivity contribution in [2.75, 3.05) is 26.4 Å². The molecule has 147 heavy (non-hydrogen) atoms. The molecule has 14 bridgehead atoms. The molecule has 14 aliphatic carbocycles. The van der Waals surface area contributed by atoms with Crippen LogP contribution in [0.5, 0.6) is 23.0 Å². The highest BCUT2D eigenvalue weighted by Crippen LogP contribution is 2.63. The lowest BCUT2D eigenvalue weighted by Crippen LogP contribution is -2.58. The summed E-state index contributed by atoms with van der Waals surface area (Å²) in [6, 6.07) is 104. The van der Waals surface area contributed by atoms with Crippen LogP contribution < -0.4 is 18.9 Å². The molecule has 0 radical (unpaired) electrons. The molecule has 1 saturated heterocycles. The average molecular weight is 2060 g/mol. The van der Waals surface area contributed by atoms with Crippen LogP contribution in [0, 0.1) is 125 Å². The van der Waals surface area contributed by atoms with Crippen molar-refractivity contribution in [3.8, 4) is 23.0 Å². The molecule has 1 heterocycles. The number of fused-ring (bicyclic) bond motifs is 1. The maximum atomic E-state index is 13.0. The van der Waals surface area contributed by atoms with E-state index in [2.05, 4.69) is 302 Å². The van der Waals surface area contributed by atoms with E-state index in [4.69, 9.17) is 42.1 Å².